The van der Waals surface area contributed by atoms with Crippen molar-refractivity contribution < 1.29 is 20.6 Å². The molecule has 6 nitrogen and oxygen atoms in total. The Morgan fingerprint density at radius 2 is 1.20 bits per heavy atom. The first-order chi connectivity index (χ1) is 4.72. The highest BCUT2D eigenvalue weighted by molar-refractivity contribution is 6.52. The summed E-state index contributed by atoms with van der Waals surface area (Å²) in [6.07, 6.45) is -2.48. The van der Waals surface area contributed by atoms with Gasteiger partial charge in [-0.2, -0.15) is 0 Å². The summed E-state index contributed by atoms with van der Waals surface area (Å²) in [5.41, 5.74) is -0.398. The first-order valence-corrected chi connectivity index (χ1v) is 2.52. The molecule has 0 aromatic carbocycles. The SMILES string of the molecule is O/N=C1\C(=N/O)C(O)C1O. The Kier molecular flexibility index (Phi) is 1.56. The van der Waals surface area contributed by atoms with Crippen LogP contribution in [0.1, 0.15) is 0 Å². The lowest BCUT2D eigenvalue weighted by molar-refractivity contribution is 0.0854. The van der Waals surface area contributed by atoms with Crippen LogP contribution in [0.2, 0.25) is 0 Å². The van der Waals surface area contributed by atoms with Gasteiger partial charge in [0.25, 0.3) is 0 Å². The van der Waals surface area contributed by atoms with Gasteiger partial charge in [-0.05, 0) is 0 Å². The molecule has 0 aromatic rings. The summed E-state index contributed by atoms with van der Waals surface area (Å²) in [5, 5.41) is 38.9. The van der Waals surface area contributed by atoms with Gasteiger partial charge in [0.2, 0.25) is 0 Å². The number of aliphatic hydroxyl groups excluding tert-OH is 2. The van der Waals surface area contributed by atoms with Crippen LogP contribution < -0.4 is 0 Å². The summed E-state index contributed by atoms with van der Waals surface area (Å²) in [5.74, 6) is 0. The van der Waals surface area contributed by atoms with Crippen LogP contribution in [-0.2, 0) is 0 Å². The molecule has 0 amide bonds. The van der Waals surface area contributed by atoms with Gasteiger partial charge in [0.05, 0.1) is 0 Å². The molecule has 0 aliphatic heterocycles. The van der Waals surface area contributed by atoms with E-state index in [0.717, 1.165) is 0 Å². The molecule has 2 atom stereocenters. The summed E-state index contributed by atoms with van der Waals surface area (Å²) in [6.45, 7) is 0. The second-order valence-electron chi connectivity index (χ2n) is 1.86. The molecule has 1 aliphatic rings. The fourth-order valence-electron chi connectivity index (χ4n) is 0.727. The zero-order chi connectivity index (χ0) is 7.72. The predicted octanol–water partition coefficient (Wildman–Crippen LogP) is -1.62. The average Bonchev–Trinajstić information content (AvgIpc) is 1.97. The van der Waals surface area contributed by atoms with Crippen molar-refractivity contribution >= 4 is 11.4 Å². The van der Waals surface area contributed by atoms with Gasteiger partial charge in [0.15, 0.2) is 0 Å². The van der Waals surface area contributed by atoms with Crippen LogP contribution in [0.4, 0.5) is 0 Å². The van der Waals surface area contributed by atoms with Crippen molar-refractivity contribution in [3.8, 4) is 0 Å². The molecule has 0 heterocycles. The minimum absolute atomic E-state index is 0.199. The van der Waals surface area contributed by atoms with E-state index in [9.17, 15) is 0 Å². The van der Waals surface area contributed by atoms with E-state index in [-0.39, 0.29) is 11.4 Å². The van der Waals surface area contributed by atoms with E-state index in [1.54, 1.807) is 0 Å². The topological polar surface area (TPSA) is 106 Å². The van der Waals surface area contributed by atoms with Crippen molar-refractivity contribution in [3.63, 3.8) is 0 Å². The summed E-state index contributed by atoms with van der Waals surface area (Å²) in [6, 6.07) is 0. The van der Waals surface area contributed by atoms with Crippen LogP contribution in [0, 0.1) is 0 Å². The highest BCUT2D eigenvalue weighted by Gasteiger charge is 2.43. The van der Waals surface area contributed by atoms with Gasteiger partial charge < -0.3 is 20.6 Å². The smallest absolute Gasteiger partial charge is 0.139 e. The van der Waals surface area contributed by atoms with Crippen molar-refractivity contribution in [2.45, 2.75) is 12.2 Å². The third-order valence-corrected chi connectivity index (χ3v) is 1.34. The summed E-state index contributed by atoms with van der Waals surface area (Å²) < 4.78 is 0. The Morgan fingerprint density at radius 3 is 1.40 bits per heavy atom. The average molecular weight is 146 g/mol. The summed E-state index contributed by atoms with van der Waals surface area (Å²) in [4.78, 5) is 0. The molecule has 1 rings (SSSR count). The maximum atomic E-state index is 8.75. The molecule has 0 bridgehead atoms. The van der Waals surface area contributed by atoms with Crippen molar-refractivity contribution in [3.05, 3.63) is 0 Å². The summed E-state index contributed by atoms with van der Waals surface area (Å²) >= 11 is 0. The minimum Gasteiger partial charge on any atom is -0.411 e. The normalized spacial score (nSPS) is 40.2. The Hall–Kier alpha value is -1.14. The Morgan fingerprint density at radius 1 is 0.900 bits per heavy atom. The minimum atomic E-state index is -1.24. The monoisotopic (exact) mass is 146 g/mol. The molecule has 56 valence electrons. The molecule has 10 heavy (non-hydrogen) atoms. The van der Waals surface area contributed by atoms with Gasteiger partial charge in [0.1, 0.15) is 23.6 Å². The van der Waals surface area contributed by atoms with Gasteiger partial charge in [0, 0.05) is 0 Å². The second-order valence-corrected chi connectivity index (χ2v) is 1.86. The molecule has 0 spiro atoms. The number of hydrogen-bond acceptors (Lipinski definition) is 6. The molecule has 1 saturated carbocycles. The standard InChI is InChI=1S/C4H6N2O4/c7-3-1(5-9)2(6-10)4(3)8/h3-4,7-10H/b5-1+,6-2+. The first kappa shape index (κ1) is 6.97. The summed E-state index contributed by atoms with van der Waals surface area (Å²) in [7, 11) is 0. The molecule has 6 heteroatoms. The predicted molar refractivity (Wildman–Crippen MR) is 30.5 cm³/mol. The van der Waals surface area contributed by atoms with Gasteiger partial charge in [-0.3, -0.25) is 0 Å². The Bertz CT molecular complexity index is 177. The largest absolute Gasteiger partial charge is 0.411 e. The maximum Gasteiger partial charge on any atom is 0.139 e. The highest BCUT2D eigenvalue weighted by atomic mass is 16.4. The van der Waals surface area contributed by atoms with Crippen LogP contribution in [-0.4, -0.2) is 44.3 Å². The lowest BCUT2D eigenvalue weighted by Gasteiger charge is -2.28. The van der Waals surface area contributed by atoms with E-state index in [4.69, 9.17) is 20.6 Å². The van der Waals surface area contributed by atoms with Crippen molar-refractivity contribution in [1.82, 2.24) is 0 Å². The maximum absolute atomic E-state index is 8.75. The molecular weight excluding hydrogens is 140 g/mol. The Labute approximate surface area is 55.7 Å². The van der Waals surface area contributed by atoms with E-state index >= 15 is 0 Å². The van der Waals surface area contributed by atoms with Crippen LogP contribution in [0.5, 0.6) is 0 Å². The van der Waals surface area contributed by atoms with Crippen molar-refractivity contribution in [1.29, 1.82) is 0 Å². The molecule has 0 radical (unpaired) electrons. The molecular formula is C4H6N2O4. The number of oxime groups is 2. The third-order valence-electron chi connectivity index (χ3n) is 1.34. The first-order valence-electron chi connectivity index (χ1n) is 2.52. The molecule has 4 N–H and O–H groups in total. The van der Waals surface area contributed by atoms with E-state index in [2.05, 4.69) is 10.3 Å². The number of aliphatic hydroxyl groups is 2. The lowest BCUT2D eigenvalue weighted by Crippen LogP contribution is -2.57. The fourth-order valence-corrected chi connectivity index (χ4v) is 0.727. The van der Waals surface area contributed by atoms with Crippen LogP contribution >= 0.6 is 0 Å². The molecule has 2 unspecified atom stereocenters. The van der Waals surface area contributed by atoms with Gasteiger partial charge in [-0.25, -0.2) is 0 Å². The Balaban J connectivity index is 2.81. The number of rotatable bonds is 0. The molecule has 1 aliphatic carbocycles. The van der Waals surface area contributed by atoms with Crippen molar-refractivity contribution in [2.75, 3.05) is 0 Å². The van der Waals surface area contributed by atoms with E-state index in [0.29, 0.717) is 0 Å². The zero-order valence-electron chi connectivity index (χ0n) is 4.84. The zero-order valence-corrected chi connectivity index (χ0v) is 4.84. The fraction of sp³-hybridized carbons (Fsp3) is 0.500. The molecule has 0 saturated heterocycles. The van der Waals surface area contributed by atoms with E-state index in [1.807, 2.05) is 0 Å². The second kappa shape index (κ2) is 2.24. The lowest BCUT2D eigenvalue weighted by atomic mass is 9.87. The number of nitrogens with zero attached hydrogens (tertiary/aromatic N) is 2. The van der Waals surface area contributed by atoms with Gasteiger partial charge in [-0.1, -0.05) is 10.3 Å². The highest BCUT2D eigenvalue weighted by Crippen LogP contribution is 2.14. The van der Waals surface area contributed by atoms with E-state index in [1.165, 1.54) is 0 Å². The van der Waals surface area contributed by atoms with Gasteiger partial charge >= 0.3 is 0 Å². The third kappa shape index (κ3) is 0.662. The van der Waals surface area contributed by atoms with Gasteiger partial charge in [-0.15, -0.1) is 0 Å². The number of hydrogen-bond donors (Lipinski definition) is 4. The van der Waals surface area contributed by atoms with Crippen LogP contribution in [0.3, 0.4) is 0 Å². The van der Waals surface area contributed by atoms with Crippen molar-refractivity contribution in [2.24, 2.45) is 10.3 Å². The quantitative estimate of drug-likeness (QED) is 0.243. The van der Waals surface area contributed by atoms with Crippen LogP contribution in [0.15, 0.2) is 10.3 Å². The van der Waals surface area contributed by atoms with Crippen LogP contribution in [0.25, 0.3) is 0 Å². The van der Waals surface area contributed by atoms with E-state index < -0.39 is 12.2 Å². The molecule has 0 aromatic heterocycles. The molecule has 1 fully saturated rings.